The number of rotatable bonds is 5. The van der Waals surface area contributed by atoms with Crippen LogP contribution in [0.1, 0.15) is 27.0 Å². The molecule has 3 aromatic carbocycles. The van der Waals surface area contributed by atoms with Gasteiger partial charge in [-0.25, -0.2) is 0 Å². The smallest absolute Gasteiger partial charge is 0.255 e. The Labute approximate surface area is 187 Å². The molecule has 0 aliphatic carbocycles. The Bertz CT molecular complexity index is 1120. The van der Waals surface area contributed by atoms with Gasteiger partial charge in [-0.3, -0.25) is 14.9 Å². The molecular weight excluding hydrogens is 406 g/mol. The Morgan fingerprint density at radius 1 is 0.806 bits per heavy atom. The van der Waals surface area contributed by atoms with Crippen LogP contribution in [0.3, 0.4) is 0 Å². The third-order valence-corrected chi connectivity index (χ3v) is 4.63. The molecule has 156 valence electrons. The maximum atomic E-state index is 12.3. The van der Waals surface area contributed by atoms with Gasteiger partial charge in [0.25, 0.3) is 5.91 Å². The minimum atomic E-state index is -0.319. The average Bonchev–Trinajstić information content (AvgIpc) is 2.74. The molecule has 0 saturated heterocycles. The van der Waals surface area contributed by atoms with Crippen molar-refractivity contribution in [1.82, 2.24) is 5.32 Å². The van der Waals surface area contributed by atoms with Crippen molar-refractivity contribution < 1.29 is 9.59 Å². The summed E-state index contributed by atoms with van der Waals surface area (Å²) in [7, 11) is 0. The first-order valence-electron chi connectivity index (χ1n) is 9.74. The largest absolute Gasteiger partial charge is 0.332 e. The van der Waals surface area contributed by atoms with Crippen LogP contribution in [-0.2, 0) is 4.79 Å². The molecule has 0 fully saturated rings. The van der Waals surface area contributed by atoms with E-state index in [0.717, 1.165) is 16.7 Å². The predicted molar refractivity (Wildman–Crippen MR) is 130 cm³/mol. The van der Waals surface area contributed by atoms with Gasteiger partial charge >= 0.3 is 0 Å². The van der Waals surface area contributed by atoms with Crippen LogP contribution in [0.2, 0.25) is 0 Å². The molecule has 0 radical (unpaired) electrons. The third kappa shape index (κ3) is 6.90. The summed E-state index contributed by atoms with van der Waals surface area (Å²) in [6.07, 6.45) is 3.16. The minimum Gasteiger partial charge on any atom is -0.332 e. The molecule has 3 aromatic rings. The lowest BCUT2D eigenvalue weighted by atomic mass is 10.1. The molecule has 0 unspecified atom stereocenters. The van der Waals surface area contributed by atoms with Crippen molar-refractivity contribution in [2.24, 2.45) is 0 Å². The fraction of sp³-hybridized carbons (Fsp3) is 0.0800. The van der Waals surface area contributed by atoms with Crippen LogP contribution < -0.4 is 16.0 Å². The second kappa shape index (κ2) is 10.3. The molecule has 6 heteroatoms. The van der Waals surface area contributed by atoms with Gasteiger partial charge in [-0.15, -0.1) is 0 Å². The fourth-order valence-corrected chi connectivity index (χ4v) is 3.01. The molecule has 3 rings (SSSR count). The number of aryl methyl sites for hydroxylation is 2. The number of anilines is 2. The lowest BCUT2D eigenvalue weighted by Crippen LogP contribution is -2.32. The van der Waals surface area contributed by atoms with Crippen molar-refractivity contribution in [1.29, 1.82) is 0 Å². The fourth-order valence-electron chi connectivity index (χ4n) is 2.79. The van der Waals surface area contributed by atoms with Gasteiger partial charge in [0.1, 0.15) is 0 Å². The number of thiocarbonyl (C=S) groups is 1. The average molecular weight is 430 g/mol. The molecule has 0 aromatic heterocycles. The van der Waals surface area contributed by atoms with E-state index in [2.05, 4.69) is 16.0 Å². The number of amides is 2. The Morgan fingerprint density at radius 2 is 1.45 bits per heavy atom. The predicted octanol–water partition coefficient (Wildman–Crippen LogP) is 5.08. The van der Waals surface area contributed by atoms with Gasteiger partial charge in [0.15, 0.2) is 5.11 Å². The highest BCUT2D eigenvalue weighted by molar-refractivity contribution is 7.80. The van der Waals surface area contributed by atoms with Crippen molar-refractivity contribution >= 4 is 46.6 Å². The summed E-state index contributed by atoms with van der Waals surface area (Å²) >= 11 is 5.19. The van der Waals surface area contributed by atoms with E-state index in [9.17, 15) is 9.59 Å². The summed E-state index contributed by atoms with van der Waals surface area (Å²) in [5.41, 5.74) is 5.08. The zero-order valence-corrected chi connectivity index (χ0v) is 18.1. The topological polar surface area (TPSA) is 70.2 Å². The lowest BCUT2D eigenvalue weighted by molar-refractivity contribution is -0.115. The van der Waals surface area contributed by atoms with Crippen LogP contribution in [-0.4, -0.2) is 16.9 Å². The van der Waals surface area contributed by atoms with Crippen molar-refractivity contribution in [3.63, 3.8) is 0 Å². The minimum absolute atomic E-state index is 0.174. The molecule has 0 atom stereocenters. The number of hydrogen-bond donors (Lipinski definition) is 3. The van der Waals surface area contributed by atoms with E-state index in [4.69, 9.17) is 12.2 Å². The Morgan fingerprint density at radius 3 is 2.10 bits per heavy atom. The standard InChI is InChI=1S/C25H23N3O2S/c1-17-6-8-19(9-7-17)10-15-23(29)28-25(31)27-22-13-11-21(12-14-22)26-24(30)20-5-3-4-18(2)16-20/h3-16H,1-2H3,(H,26,30)(H2,27,28,29,31)/b15-10+. The second-order valence-corrected chi connectivity index (χ2v) is 7.50. The molecule has 0 saturated carbocycles. The van der Waals surface area contributed by atoms with Crippen molar-refractivity contribution in [2.75, 3.05) is 10.6 Å². The van der Waals surface area contributed by atoms with E-state index in [1.165, 1.54) is 6.08 Å². The summed E-state index contributed by atoms with van der Waals surface area (Å²) in [4.78, 5) is 24.4. The maximum Gasteiger partial charge on any atom is 0.255 e. The highest BCUT2D eigenvalue weighted by Crippen LogP contribution is 2.15. The lowest BCUT2D eigenvalue weighted by Gasteiger charge is -2.10. The van der Waals surface area contributed by atoms with Crippen molar-refractivity contribution in [3.8, 4) is 0 Å². The molecule has 0 aliphatic heterocycles. The molecule has 5 nitrogen and oxygen atoms in total. The number of benzene rings is 3. The number of carbonyl (C=O) groups excluding carboxylic acids is 2. The van der Waals surface area contributed by atoms with Crippen LogP contribution in [0.4, 0.5) is 11.4 Å². The molecular formula is C25H23N3O2S. The summed E-state index contributed by atoms with van der Waals surface area (Å²) in [6, 6.07) is 22.3. The molecule has 0 spiro atoms. The summed E-state index contributed by atoms with van der Waals surface area (Å²) in [5.74, 6) is -0.493. The van der Waals surface area contributed by atoms with Crippen LogP contribution >= 0.6 is 12.2 Å². The highest BCUT2D eigenvalue weighted by Gasteiger charge is 2.07. The van der Waals surface area contributed by atoms with Crippen LogP contribution in [0.15, 0.2) is 78.9 Å². The van der Waals surface area contributed by atoms with Crippen LogP contribution in [0, 0.1) is 13.8 Å². The van der Waals surface area contributed by atoms with E-state index in [-0.39, 0.29) is 16.9 Å². The summed E-state index contributed by atoms with van der Waals surface area (Å²) < 4.78 is 0. The van der Waals surface area contributed by atoms with Gasteiger partial charge in [0.2, 0.25) is 5.91 Å². The monoisotopic (exact) mass is 429 g/mol. The molecule has 0 heterocycles. The molecule has 2 amide bonds. The zero-order valence-electron chi connectivity index (χ0n) is 17.3. The second-order valence-electron chi connectivity index (χ2n) is 7.09. The van der Waals surface area contributed by atoms with Crippen molar-refractivity contribution in [2.45, 2.75) is 13.8 Å². The number of hydrogen-bond acceptors (Lipinski definition) is 3. The van der Waals surface area contributed by atoms with Crippen LogP contribution in [0.25, 0.3) is 6.08 Å². The van der Waals surface area contributed by atoms with Gasteiger partial charge in [0.05, 0.1) is 0 Å². The quantitative estimate of drug-likeness (QED) is 0.391. The van der Waals surface area contributed by atoms with Gasteiger partial charge in [-0.05, 0) is 74.1 Å². The Balaban J connectivity index is 1.50. The van der Waals surface area contributed by atoms with E-state index in [1.807, 2.05) is 56.3 Å². The van der Waals surface area contributed by atoms with E-state index < -0.39 is 0 Å². The molecule has 3 N–H and O–H groups in total. The van der Waals surface area contributed by atoms with E-state index in [1.54, 1.807) is 36.4 Å². The zero-order chi connectivity index (χ0) is 22.2. The molecule has 0 aliphatic rings. The van der Waals surface area contributed by atoms with Gasteiger partial charge in [-0.2, -0.15) is 0 Å². The highest BCUT2D eigenvalue weighted by atomic mass is 32.1. The summed E-state index contributed by atoms with van der Waals surface area (Å²) in [6.45, 7) is 3.95. The maximum absolute atomic E-state index is 12.3. The van der Waals surface area contributed by atoms with Crippen molar-refractivity contribution in [3.05, 3.63) is 101 Å². The first-order chi connectivity index (χ1) is 14.9. The number of carbonyl (C=O) groups is 2. The van der Waals surface area contributed by atoms with Gasteiger partial charge < -0.3 is 10.6 Å². The Hall–Kier alpha value is -3.77. The Kier molecular flexibility index (Phi) is 7.30. The third-order valence-electron chi connectivity index (χ3n) is 4.42. The SMILES string of the molecule is Cc1ccc(/C=C/C(=O)NC(=S)Nc2ccc(NC(=O)c3cccc(C)c3)cc2)cc1. The van der Waals surface area contributed by atoms with Gasteiger partial charge in [0, 0.05) is 23.0 Å². The van der Waals surface area contributed by atoms with Crippen LogP contribution in [0.5, 0.6) is 0 Å². The molecule has 0 bridgehead atoms. The van der Waals surface area contributed by atoms with E-state index >= 15 is 0 Å². The molecule has 31 heavy (non-hydrogen) atoms. The van der Waals surface area contributed by atoms with Gasteiger partial charge in [-0.1, -0.05) is 47.5 Å². The first kappa shape index (κ1) is 21.9. The summed E-state index contributed by atoms with van der Waals surface area (Å²) in [5, 5.41) is 8.60. The first-order valence-corrected chi connectivity index (χ1v) is 10.1. The van der Waals surface area contributed by atoms with E-state index in [0.29, 0.717) is 16.9 Å². The normalized spacial score (nSPS) is 10.5. The number of nitrogens with one attached hydrogen (secondary N) is 3.